The molecule has 2 atom stereocenters. The highest BCUT2D eigenvalue weighted by molar-refractivity contribution is 5.90. The van der Waals surface area contributed by atoms with Crippen molar-refractivity contribution < 1.29 is 14.2 Å². The molecule has 4 heterocycles. The van der Waals surface area contributed by atoms with Gasteiger partial charge in [0.2, 0.25) is 5.95 Å². The lowest BCUT2D eigenvalue weighted by atomic mass is 10.1. The van der Waals surface area contributed by atoms with Gasteiger partial charge in [0.25, 0.3) is 0 Å². The topological polar surface area (TPSA) is 84.9 Å². The Labute approximate surface area is 219 Å². The molecule has 37 heavy (non-hydrogen) atoms. The van der Waals surface area contributed by atoms with Gasteiger partial charge in [-0.05, 0) is 44.2 Å². The van der Waals surface area contributed by atoms with Crippen molar-refractivity contribution in [2.24, 2.45) is 0 Å². The minimum absolute atomic E-state index is 0.196. The summed E-state index contributed by atoms with van der Waals surface area (Å²) in [6.07, 6.45) is 0. The maximum atomic E-state index is 5.71. The second-order valence-corrected chi connectivity index (χ2v) is 10.2. The van der Waals surface area contributed by atoms with E-state index in [2.05, 4.69) is 67.1 Å². The van der Waals surface area contributed by atoms with Crippen molar-refractivity contribution in [2.75, 3.05) is 56.4 Å². The van der Waals surface area contributed by atoms with E-state index in [1.807, 2.05) is 6.07 Å². The van der Waals surface area contributed by atoms with Crippen molar-refractivity contribution in [3.05, 3.63) is 35.9 Å². The number of nitrogens with one attached hydrogen (secondary N) is 1. The Hall–Kier alpha value is -3.01. The van der Waals surface area contributed by atoms with Crippen LogP contribution in [0.1, 0.15) is 33.3 Å². The summed E-state index contributed by atoms with van der Waals surface area (Å²) in [7, 11) is 1.71. The van der Waals surface area contributed by atoms with Gasteiger partial charge in [0.1, 0.15) is 11.6 Å². The van der Waals surface area contributed by atoms with E-state index in [1.165, 1.54) is 0 Å². The van der Waals surface area contributed by atoms with Gasteiger partial charge in [-0.3, -0.25) is 0 Å². The molecule has 5 rings (SSSR count). The molecule has 1 N–H and O–H groups in total. The maximum absolute atomic E-state index is 5.71. The number of rotatable bonds is 7. The predicted octanol–water partition coefficient (Wildman–Crippen LogP) is 3.65. The first-order valence-electron chi connectivity index (χ1n) is 13.2. The fourth-order valence-corrected chi connectivity index (χ4v) is 4.95. The molecule has 0 bridgehead atoms. The summed E-state index contributed by atoms with van der Waals surface area (Å²) in [5.41, 5.74) is 3.71. The van der Waals surface area contributed by atoms with Crippen LogP contribution in [0.2, 0.25) is 0 Å². The third kappa shape index (κ3) is 5.49. The molecule has 0 saturated carbocycles. The summed E-state index contributed by atoms with van der Waals surface area (Å²) in [6, 6.07) is 11.2. The Morgan fingerprint density at radius 2 is 1.70 bits per heavy atom. The van der Waals surface area contributed by atoms with Crippen molar-refractivity contribution in [3.8, 4) is 17.0 Å². The van der Waals surface area contributed by atoms with E-state index in [0.717, 1.165) is 53.4 Å². The highest BCUT2D eigenvalue weighted by atomic mass is 16.5. The number of aromatic nitrogens is 3. The van der Waals surface area contributed by atoms with E-state index >= 15 is 0 Å². The van der Waals surface area contributed by atoms with Gasteiger partial charge in [0.05, 0.1) is 56.7 Å². The molecule has 2 aliphatic rings. The third-order valence-corrected chi connectivity index (χ3v) is 7.07. The summed E-state index contributed by atoms with van der Waals surface area (Å²) in [4.78, 5) is 19.7. The minimum Gasteiger partial charge on any atom is -0.496 e. The van der Waals surface area contributed by atoms with E-state index in [-0.39, 0.29) is 12.1 Å². The van der Waals surface area contributed by atoms with Gasteiger partial charge in [-0.2, -0.15) is 9.97 Å². The van der Waals surface area contributed by atoms with Crippen molar-refractivity contribution in [1.82, 2.24) is 20.3 Å². The normalized spacial score (nSPS) is 20.6. The van der Waals surface area contributed by atoms with Gasteiger partial charge < -0.3 is 29.3 Å². The SMILES string of the molecule is COc1ccc(-c2ccc3c(N4CCOC[C@@H]4C)nc(N4CCOC[C@@H]4C)nc3n2)cc1CNC(C)C. The van der Waals surface area contributed by atoms with E-state index in [9.17, 15) is 0 Å². The van der Waals surface area contributed by atoms with Crippen LogP contribution in [-0.2, 0) is 16.0 Å². The van der Waals surface area contributed by atoms with Crippen molar-refractivity contribution in [1.29, 1.82) is 0 Å². The Kier molecular flexibility index (Phi) is 7.73. The fourth-order valence-electron chi connectivity index (χ4n) is 4.95. The van der Waals surface area contributed by atoms with Crippen molar-refractivity contribution >= 4 is 22.8 Å². The van der Waals surface area contributed by atoms with Gasteiger partial charge in [0, 0.05) is 36.8 Å². The lowest BCUT2D eigenvalue weighted by Crippen LogP contribution is -2.46. The van der Waals surface area contributed by atoms with Crippen LogP contribution < -0.4 is 19.9 Å². The molecule has 0 unspecified atom stereocenters. The quantitative estimate of drug-likeness (QED) is 0.516. The van der Waals surface area contributed by atoms with Gasteiger partial charge >= 0.3 is 0 Å². The zero-order valence-electron chi connectivity index (χ0n) is 22.5. The van der Waals surface area contributed by atoms with E-state index < -0.39 is 0 Å². The highest BCUT2D eigenvalue weighted by Gasteiger charge is 2.27. The zero-order chi connectivity index (χ0) is 25.9. The molecule has 0 radical (unpaired) electrons. The van der Waals surface area contributed by atoms with Gasteiger partial charge in [-0.25, -0.2) is 4.98 Å². The van der Waals surface area contributed by atoms with Crippen LogP contribution >= 0.6 is 0 Å². The smallest absolute Gasteiger partial charge is 0.229 e. The molecule has 2 saturated heterocycles. The summed E-state index contributed by atoms with van der Waals surface area (Å²) in [6.45, 7) is 13.6. The standard InChI is InChI=1S/C28H38N6O3/c1-18(2)29-15-22-14-21(6-9-25(22)35-5)24-8-7-23-26(30-24)31-28(34-11-13-37-17-20(34)4)32-27(23)33-10-12-36-16-19(33)3/h6-9,14,18-20,29H,10-13,15-17H2,1-5H3/t19-,20-/m0/s1. The average molecular weight is 507 g/mol. The molecule has 2 aliphatic heterocycles. The molecule has 0 amide bonds. The minimum atomic E-state index is 0.196. The first kappa shape index (κ1) is 25.6. The van der Waals surface area contributed by atoms with Crippen LogP contribution in [0.4, 0.5) is 11.8 Å². The third-order valence-electron chi connectivity index (χ3n) is 7.07. The fraction of sp³-hybridized carbons (Fsp3) is 0.536. The first-order valence-corrected chi connectivity index (χ1v) is 13.2. The second kappa shape index (κ2) is 11.2. The van der Waals surface area contributed by atoms with Crippen LogP contribution in [0.3, 0.4) is 0 Å². The van der Waals surface area contributed by atoms with Crippen molar-refractivity contribution in [2.45, 2.75) is 52.4 Å². The summed E-state index contributed by atoms with van der Waals surface area (Å²) in [5, 5.41) is 4.44. The molecule has 0 aliphatic carbocycles. The number of fused-ring (bicyclic) bond motifs is 1. The van der Waals surface area contributed by atoms with E-state index in [0.29, 0.717) is 44.1 Å². The molecule has 198 valence electrons. The van der Waals surface area contributed by atoms with Crippen LogP contribution in [0, 0.1) is 0 Å². The largest absolute Gasteiger partial charge is 0.496 e. The Balaban J connectivity index is 1.59. The number of hydrogen-bond acceptors (Lipinski definition) is 9. The van der Waals surface area contributed by atoms with Crippen LogP contribution in [0.25, 0.3) is 22.3 Å². The molecule has 2 fully saturated rings. The first-order chi connectivity index (χ1) is 17.9. The average Bonchev–Trinajstić information content (AvgIpc) is 2.91. The number of hydrogen-bond donors (Lipinski definition) is 1. The molecule has 9 heteroatoms. The number of methoxy groups -OCH3 is 1. The van der Waals surface area contributed by atoms with Gasteiger partial charge in [0.15, 0.2) is 5.65 Å². The molecule has 9 nitrogen and oxygen atoms in total. The zero-order valence-corrected chi connectivity index (χ0v) is 22.5. The number of pyridine rings is 1. The molecule has 3 aromatic rings. The molecule has 1 aromatic carbocycles. The van der Waals surface area contributed by atoms with Crippen LogP contribution in [0.5, 0.6) is 5.75 Å². The number of anilines is 2. The monoisotopic (exact) mass is 506 g/mol. The lowest BCUT2D eigenvalue weighted by molar-refractivity contribution is 0.0973. The highest BCUT2D eigenvalue weighted by Crippen LogP contribution is 2.32. The second-order valence-electron chi connectivity index (χ2n) is 10.2. The summed E-state index contributed by atoms with van der Waals surface area (Å²) in [5.74, 6) is 2.50. The van der Waals surface area contributed by atoms with Crippen LogP contribution in [-0.4, -0.2) is 79.7 Å². The van der Waals surface area contributed by atoms with Crippen molar-refractivity contribution in [3.63, 3.8) is 0 Å². The number of morpholine rings is 2. The van der Waals surface area contributed by atoms with E-state index in [1.54, 1.807) is 7.11 Å². The Morgan fingerprint density at radius 1 is 0.973 bits per heavy atom. The Bertz CT molecular complexity index is 1240. The molecular weight excluding hydrogens is 468 g/mol. The summed E-state index contributed by atoms with van der Waals surface area (Å²) >= 11 is 0. The maximum Gasteiger partial charge on any atom is 0.229 e. The number of benzene rings is 1. The lowest BCUT2D eigenvalue weighted by Gasteiger charge is -2.37. The number of nitrogens with zero attached hydrogens (tertiary/aromatic N) is 5. The molecular formula is C28H38N6O3. The molecule has 0 spiro atoms. The molecule has 2 aromatic heterocycles. The van der Waals surface area contributed by atoms with Gasteiger partial charge in [-0.15, -0.1) is 0 Å². The summed E-state index contributed by atoms with van der Waals surface area (Å²) < 4.78 is 17.0. The Morgan fingerprint density at radius 3 is 2.38 bits per heavy atom. The number of ether oxygens (including phenoxy) is 3. The van der Waals surface area contributed by atoms with Gasteiger partial charge in [-0.1, -0.05) is 13.8 Å². The predicted molar refractivity (Wildman–Crippen MR) is 147 cm³/mol. The van der Waals surface area contributed by atoms with E-state index in [4.69, 9.17) is 29.2 Å². The van der Waals surface area contributed by atoms with Crippen LogP contribution in [0.15, 0.2) is 30.3 Å².